The fraction of sp³-hybridized carbons (Fsp3) is 0.923. The van der Waals surface area contributed by atoms with Gasteiger partial charge in [0.2, 0.25) is 0 Å². The number of nitrogens with one attached hydrogen (secondary N) is 1. The molecule has 1 N–H and O–H groups in total. The van der Waals surface area contributed by atoms with Crippen LogP contribution in [0.1, 0.15) is 33.6 Å². The van der Waals surface area contributed by atoms with Crippen molar-refractivity contribution in [1.29, 1.82) is 5.26 Å². The molecule has 0 aliphatic carbocycles. The van der Waals surface area contributed by atoms with Gasteiger partial charge in [-0.05, 0) is 40.3 Å². The standard InChI is InChI=1S/C13H27N3O/c1-6-8-15-13(3,11-14)7-9-16(4)12(2)10-17-5/h12,15H,6-10H2,1-5H3. The molecule has 0 aromatic rings. The van der Waals surface area contributed by atoms with Crippen LogP contribution in [-0.2, 0) is 4.74 Å². The van der Waals surface area contributed by atoms with Gasteiger partial charge in [-0.3, -0.25) is 5.32 Å². The number of likely N-dealkylation sites (N-methyl/N-ethyl adjacent to an activating group) is 1. The summed E-state index contributed by atoms with van der Waals surface area (Å²) < 4.78 is 5.13. The van der Waals surface area contributed by atoms with E-state index in [9.17, 15) is 5.26 Å². The molecule has 100 valence electrons. The Morgan fingerprint density at radius 3 is 2.65 bits per heavy atom. The van der Waals surface area contributed by atoms with E-state index in [1.165, 1.54) is 0 Å². The van der Waals surface area contributed by atoms with Crippen molar-refractivity contribution >= 4 is 0 Å². The van der Waals surface area contributed by atoms with Crippen LogP contribution in [-0.4, -0.2) is 50.3 Å². The van der Waals surface area contributed by atoms with Gasteiger partial charge in [0.25, 0.3) is 0 Å². The molecule has 0 aliphatic rings. The Morgan fingerprint density at radius 1 is 1.53 bits per heavy atom. The van der Waals surface area contributed by atoms with Crippen molar-refractivity contribution in [2.75, 3.05) is 33.9 Å². The van der Waals surface area contributed by atoms with Gasteiger partial charge in [-0.15, -0.1) is 0 Å². The highest BCUT2D eigenvalue weighted by atomic mass is 16.5. The van der Waals surface area contributed by atoms with Crippen molar-refractivity contribution in [2.24, 2.45) is 0 Å². The SMILES string of the molecule is CCCNC(C)(C#N)CCN(C)C(C)COC. The molecular formula is C13H27N3O. The quantitative estimate of drug-likeness (QED) is 0.666. The third-order valence-electron chi connectivity index (χ3n) is 3.14. The van der Waals surface area contributed by atoms with Gasteiger partial charge >= 0.3 is 0 Å². The van der Waals surface area contributed by atoms with Gasteiger partial charge in [0.15, 0.2) is 0 Å². The Hall–Kier alpha value is -0.630. The van der Waals surface area contributed by atoms with E-state index in [4.69, 9.17) is 4.74 Å². The van der Waals surface area contributed by atoms with E-state index in [0.29, 0.717) is 6.04 Å². The summed E-state index contributed by atoms with van der Waals surface area (Å²) in [5, 5.41) is 12.5. The minimum Gasteiger partial charge on any atom is -0.383 e. The summed E-state index contributed by atoms with van der Waals surface area (Å²) in [4.78, 5) is 2.23. The monoisotopic (exact) mass is 241 g/mol. The Morgan fingerprint density at radius 2 is 2.18 bits per heavy atom. The second-order valence-electron chi connectivity index (χ2n) is 4.91. The zero-order valence-corrected chi connectivity index (χ0v) is 11.9. The first kappa shape index (κ1) is 16.4. The van der Waals surface area contributed by atoms with Gasteiger partial charge in [0.05, 0.1) is 12.7 Å². The number of ether oxygens (including phenoxy) is 1. The molecule has 0 bridgehead atoms. The largest absolute Gasteiger partial charge is 0.383 e. The maximum atomic E-state index is 9.21. The van der Waals surface area contributed by atoms with Gasteiger partial charge in [0, 0.05) is 19.7 Å². The third kappa shape index (κ3) is 6.62. The summed E-state index contributed by atoms with van der Waals surface area (Å²) >= 11 is 0. The Balaban J connectivity index is 4.09. The van der Waals surface area contributed by atoms with Crippen molar-refractivity contribution in [1.82, 2.24) is 10.2 Å². The lowest BCUT2D eigenvalue weighted by Gasteiger charge is -2.29. The number of hydrogen-bond acceptors (Lipinski definition) is 4. The normalized spacial score (nSPS) is 16.5. The molecule has 0 rings (SSSR count). The van der Waals surface area contributed by atoms with Crippen LogP contribution in [0.3, 0.4) is 0 Å². The van der Waals surface area contributed by atoms with Crippen LogP contribution in [0.5, 0.6) is 0 Å². The van der Waals surface area contributed by atoms with E-state index in [-0.39, 0.29) is 0 Å². The summed E-state index contributed by atoms with van der Waals surface area (Å²) in [6.45, 7) is 8.72. The summed E-state index contributed by atoms with van der Waals surface area (Å²) in [6, 6.07) is 2.75. The van der Waals surface area contributed by atoms with E-state index in [0.717, 1.165) is 32.5 Å². The number of methoxy groups -OCH3 is 1. The highest BCUT2D eigenvalue weighted by molar-refractivity contribution is 5.03. The van der Waals surface area contributed by atoms with Crippen LogP contribution in [0.15, 0.2) is 0 Å². The maximum absolute atomic E-state index is 9.21. The van der Waals surface area contributed by atoms with Crippen molar-refractivity contribution in [3.63, 3.8) is 0 Å². The molecule has 2 atom stereocenters. The lowest BCUT2D eigenvalue weighted by Crippen LogP contribution is -2.45. The van der Waals surface area contributed by atoms with Crippen LogP contribution >= 0.6 is 0 Å². The number of nitrogens with zero attached hydrogens (tertiary/aromatic N) is 2. The maximum Gasteiger partial charge on any atom is 0.105 e. The molecule has 0 spiro atoms. The van der Waals surface area contributed by atoms with E-state index in [1.54, 1.807) is 7.11 Å². The van der Waals surface area contributed by atoms with Gasteiger partial charge in [0.1, 0.15) is 5.54 Å². The number of hydrogen-bond donors (Lipinski definition) is 1. The Kier molecular flexibility index (Phi) is 8.15. The van der Waals surface area contributed by atoms with Gasteiger partial charge in [-0.2, -0.15) is 5.26 Å². The molecule has 0 heterocycles. The first-order valence-corrected chi connectivity index (χ1v) is 6.34. The molecular weight excluding hydrogens is 214 g/mol. The second kappa shape index (κ2) is 8.46. The molecule has 0 amide bonds. The van der Waals surface area contributed by atoms with Gasteiger partial charge in [-0.1, -0.05) is 6.92 Å². The van der Waals surface area contributed by atoms with Crippen LogP contribution in [0, 0.1) is 11.3 Å². The molecule has 4 heteroatoms. The Bertz CT molecular complexity index is 239. The summed E-state index contributed by atoms with van der Waals surface area (Å²) in [6.07, 6.45) is 1.88. The fourth-order valence-corrected chi connectivity index (χ4v) is 1.57. The molecule has 0 fully saturated rings. The molecule has 4 nitrogen and oxygen atoms in total. The lowest BCUT2D eigenvalue weighted by molar-refractivity contribution is 0.111. The Labute approximate surface area is 106 Å². The topological polar surface area (TPSA) is 48.3 Å². The van der Waals surface area contributed by atoms with E-state index < -0.39 is 5.54 Å². The summed E-state index contributed by atoms with van der Waals surface area (Å²) in [5.41, 5.74) is -0.420. The third-order valence-corrected chi connectivity index (χ3v) is 3.14. The predicted octanol–water partition coefficient (Wildman–Crippen LogP) is 1.63. The molecule has 0 aromatic heterocycles. The van der Waals surface area contributed by atoms with E-state index in [2.05, 4.69) is 37.2 Å². The summed E-state index contributed by atoms with van der Waals surface area (Å²) in [5.74, 6) is 0. The predicted molar refractivity (Wildman–Crippen MR) is 70.9 cm³/mol. The average molecular weight is 241 g/mol. The molecule has 0 saturated heterocycles. The first-order chi connectivity index (χ1) is 7.99. The van der Waals surface area contributed by atoms with E-state index in [1.807, 2.05) is 6.92 Å². The average Bonchev–Trinajstić information content (AvgIpc) is 2.33. The second-order valence-corrected chi connectivity index (χ2v) is 4.91. The van der Waals surface area contributed by atoms with Gasteiger partial charge < -0.3 is 9.64 Å². The van der Waals surface area contributed by atoms with Crippen molar-refractivity contribution in [3.8, 4) is 6.07 Å². The molecule has 2 unspecified atom stereocenters. The summed E-state index contributed by atoms with van der Waals surface area (Å²) in [7, 11) is 3.79. The van der Waals surface area contributed by atoms with Gasteiger partial charge in [-0.25, -0.2) is 0 Å². The molecule has 17 heavy (non-hydrogen) atoms. The minimum absolute atomic E-state index is 0.383. The molecule has 0 aromatic carbocycles. The van der Waals surface area contributed by atoms with Crippen LogP contribution < -0.4 is 5.32 Å². The highest BCUT2D eigenvalue weighted by Crippen LogP contribution is 2.10. The van der Waals surface area contributed by atoms with Crippen LogP contribution in [0.4, 0.5) is 0 Å². The van der Waals surface area contributed by atoms with Crippen molar-refractivity contribution < 1.29 is 4.74 Å². The lowest BCUT2D eigenvalue weighted by atomic mass is 9.99. The first-order valence-electron chi connectivity index (χ1n) is 6.34. The van der Waals surface area contributed by atoms with Crippen molar-refractivity contribution in [2.45, 2.75) is 45.2 Å². The molecule has 0 aliphatic heterocycles. The van der Waals surface area contributed by atoms with E-state index >= 15 is 0 Å². The number of nitriles is 1. The minimum atomic E-state index is -0.420. The van der Waals surface area contributed by atoms with Crippen LogP contribution in [0.2, 0.25) is 0 Å². The fourth-order valence-electron chi connectivity index (χ4n) is 1.57. The zero-order valence-electron chi connectivity index (χ0n) is 11.9. The van der Waals surface area contributed by atoms with Crippen LogP contribution in [0.25, 0.3) is 0 Å². The smallest absolute Gasteiger partial charge is 0.105 e. The molecule has 0 radical (unpaired) electrons. The number of rotatable bonds is 9. The molecule has 0 saturated carbocycles. The van der Waals surface area contributed by atoms with Crippen molar-refractivity contribution in [3.05, 3.63) is 0 Å². The highest BCUT2D eigenvalue weighted by Gasteiger charge is 2.23. The zero-order chi connectivity index (χ0) is 13.3.